The van der Waals surface area contributed by atoms with Gasteiger partial charge in [0.15, 0.2) is 0 Å². The first-order chi connectivity index (χ1) is 22.2. The summed E-state index contributed by atoms with van der Waals surface area (Å²) in [6, 6.07) is 17.6. The normalized spacial score (nSPS) is 11.7. The zero-order chi connectivity index (χ0) is 33.3. The highest BCUT2D eigenvalue weighted by molar-refractivity contribution is 7.80. The minimum atomic E-state index is -1.23. The number of benzene rings is 3. The van der Waals surface area contributed by atoms with E-state index in [9.17, 15) is 19.2 Å². The van der Waals surface area contributed by atoms with Crippen LogP contribution in [0.2, 0.25) is 0 Å². The number of hydrogen-bond acceptors (Lipinski definition) is 11. The van der Waals surface area contributed by atoms with Gasteiger partial charge in [0.1, 0.15) is 49.2 Å². The highest BCUT2D eigenvalue weighted by Gasteiger charge is 2.27. The minimum Gasteiger partial charge on any atom is -0.497 e. The van der Waals surface area contributed by atoms with E-state index in [1.807, 2.05) is 0 Å². The molecule has 0 spiro atoms. The van der Waals surface area contributed by atoms with Crippen molar-refractivity contribution in [1.82, 2.24) is 10.6 Å². The van der Waals surface area contributed by atoms with Gasteiger partial charge in [-0.3, -0.25) is 4.79 Å². The molecule has 0 aliphatic heterocycles. The number of ether oxygens (including phenoxy) is 6. The molecule has 0 aromatic heterocycles. The van der Waals surface area contributed by atoms with Crippen LogP contribution >= 0.6 is 12.6 Å². The van der Waals surface area contributed by atoms with E-state index in [1.54, 1.807) is 87.0 Å². The van der Waals surface area contributed by atoms with Crippen LogP contribution in [0.15, 0.2) is 72.8 Å². The zero-order valence-corrected chi connectivity index (χ0v) is 26.7. The van der Waals surface area contributed by atoms with Gasteiger partial charge in [0.2, 0.25) is 0 Å². The second kappa shape index (κ2) is 18.8. The van der Waals surface area contributed by atoms with E-state index < -0.39 is 36.0 Å². The Labute approximate surface area is 273 Å². The molecule has 13 heteroatoms. The Morgan fingerprint density at radius 2 is 0.957 bits per heavy atom. The summed E-state index contributed by atoms with van der Waals surface area (Å²) < 4.78 is 31.5. The molecule has 0 radical (unpaired) electrons. The molecule has 3 rings (SSSR count). The second-order valence-corrected chi connectivity index (χ2v) is 10.2. The number of rotatable bonds is 17. The number of esters is 3. The van der Waals surface area contributed by atoms with Crippen molar-refractivity contribution >= 4 is 36.6 Å². The molecule has 246 valence electrons. The van der Waals surface area contributed by atoms with Crippen LogP contribution in [0, 0.1) is 0 Å². The third kappa shape index (κ3) is 11.9. The molecule has 0 aliphatic carbocycles. The van der Waals surface area contributed by atoms with Gasteiger partial charge in [-0.25, -0.2) is 14.4 Å². The van der Waals surface area contributed by atoms with Gasteiger partial charge in [-0.1, -0.05) is 36.4 Å². The number of thiol groups is 1. The smallest absolute Gasteiger partial charge is 0.329 e. The van der Waals surface area contributed by atoms with Crippen LogP contribution < -0.4 is 24.8 Å². The highest BCUT2D eigenvalue weighted by Crippen LogP contribution is 2.15. The summed E-state index contributed by atoms with van der Waals surface area (Å²) in [6.07, 6.45) is -0.317. The number of carbonyl (C=O) groups excluding carboxylic acids is 4. The third-order valence-electron chi connectivity index (χ3n) is 6.64. The Balaban J connectivity index is 1.58. The molecular weight excluding hydrogens is 616 g/mol. The molecule has 2 amide bonds. The highest BCUT2D eigenvalue weighted by atomic mass is 32.1. The molecule has 0 fully saturated rings. The molecule has 0 saturated carbocycles. The predicted octanol–water partition coefficient (Wildman–Crippen LogP) is 3.99. The SMILES string of the molecule is COc1ccc(COC(=O)CC[C@H](NC(=O)N[C@@H](CS)C(=O)OCc2ccc(OC)cc2)C(=O)OCc2ccc(OC)cc2)cc1. The van der Waals surface area contributed by atoms with Gasteiger partial charge in [0, 0.05) is 12.2 Å². The second-order valence-electron chi connectivity index (χ2n) is 9.86. The summed E-state index contributed by atoms with van der Waals surface area (Å²) in [5.41, 5.74) is 2.15. The van der Waals surface area contributed by atoms with E-state index in [4.69, 9.17) is 28.4 Å². The van der Waals surface area contributed by atoms with Gasteiger partial charge < -0.3 is 39.1 Å². The average Bonchev–Trinajstić information content (AvgIpc) is 3.09. The fourth-order valence-electron chi connectivity index (χ4n) is 3.96. The molecule has 0 saturated heterocycles. The largest absolute Gasteiger partial charge is 0.497 e. The first-order valence-corrected chi connectivity index (χ1v) is 14.9. The third-order valence-corrected chi connectivity index (χ3v) is 7.00. The van der Waals surface area contributed by atoms with E-state index >= 15 is 0 Å². The zero-order valence-electron chi connectivity index (χ0n) is 25.9. The quantitative estimate of drug-likeness (QED) is 0.111. The van der Waals surface area contributed by atoms with Crippen molar-refractivity contribution in [3.63, 3.8) is 0 Å². The number of hydrogen-bond donors (Lipinski definition) is 3. The van der Waals surface area contributed by atoms with Crippen LogP contribution in [0.5, 0.6) is 17.2 Å². The summed E-state index contributed by atoms with van der Waals surface area (Å²) in [7, 11) is 4.64. The molecule has 0 aliphatic rings. The maximum atomic E-state index is 13.1. The number of methoxy groups -OCH3 is 3. The van der Waals surface area contributed by atoms with E-state index in [0.717, 1.165) is 11.1 Å². The predicted molar refractivity (Wildman–Crippen MR) is 171 cm³/mol. The van der Waals surface area contributed by atoms with Gasteiger partial charge in [-0.15, -0.1) is 0 Å². The number of amides is 2. The first kappa shape index (κ1) is 35.6. The van der Waals surface area contributed by atoms with Crippen LogP contribution in [-0.4, -0.2) is 63.1 Å². The summed E-state index contributed by atoms with van der Waals surface area (Å²) in [5, 5.41) is 4.96. The fraction of sp³-hybridized carbons (Fsp3) is 0.333. The van der Waals surface area contributed by atoms with E-state index in [-0.39, 0.29) is 38.4 Å². The van der Waals surface area contributed by atoms with E-state index in [1.165, 1.54) is 7.11 Å². The maximum absolute atomic E-state index is 13.1. The van der Waals surface area contributed by atoms with Crippen molar-refractivity contribution in [2.45, 2.75) is 44.7 Å². The van der Waals surface area contributed by atoms with Gasteiger partial charge in [0.25, 0.3) is 0 Å². The Bertz CT molecular complexity index is 1420. The molecule has 12 nitrogen and oxygen atoms in total. The number of urea groups is 1. The average molecular weight is 655 g/mol. The Morgan fingerprint density at radius 3 is 1.35 bits per heavy atom. The fourth-order valence-corrected chi connectivity index (χ4v) is 4.20. The Hall–Kier alpha value is -4.91. The number of nitrogens with one attached hydrogen (secondary N) is 2. The molecule has 3 aromatic rings. The van der Waals surface area contributed by atoms with Crippen LogP contribution in [0.3, 0.4) is 0 Å². The van der Waals surface area contributed by atoms with E-state index in [0.29, 0.717) is 22.8 Å². The lowest BCUT2D eigenvalue weighted by Crippen LogP contribution is -2.52. The van der Waals surface area contributed by atoms with Crippen molar-refractivity contribution in [3.05, 3.63) is 89.5 Å². The topological polar surface area (TPSA) is 148 Å². The lowest BCUT2D eigenvalue weighted by atomic mass is 10.1. The molecule has 46 heavy (non-hydrogen) atoms. The van der Waals surface area contributed by atoms with Gasteiger partial charge >= 0.3 is 23.9 Å². The molecule has 0 unspecified atom stereocenters. The van der Waals surface area contributed by atoms with E-state index in [2.05, 4.69) is 23.3 Å². The van der Waals surface area contributed by atoms with Gasteiger partial charge in [-0.2, -0.15) is 12.6 Å². The summed E-state index contributed by atoms with van der Waals surface area (Å²) in [4.78, 5) is 51.1. The Morgan fingerprint density at radius 1 is 0.587 bits per heavy atom. The molecule has 2 N–H and O–H groups in total. The Kier molecular flexibility index (Phi) is 14.5. The first-order valence-electron chi connectivity index (χ1n) is 14.3. The van der Waals surface area contributed by atoms with Crippen molar-refractivity contribution in [3.8, 4) is 17.2 Å². The van der Waals surface area contributed by atoms with Crippen molar-refractivity contribution in [2.75, 3.05) is 27.1 Å². The van der Waals surface area contributed by atoms with Crippen LogP contribution in [0.4, 0.5) is 4.79 Å². The minimum absolute atomic E-state index is 0.0194. The maximum Gasteiger partial charge on any atom is 0.329 e. The molecule has 3 aromatic carbocycles. The van der Waals surface area contributed by atoms with Gasteiger partial charge in [0.05, 0.1) is 21.3 Å². The lowest BCUT2D eigenvalue weighted by molar-refractivity contribution is -0.149. The number of carbonyl (C=O) groups is 4. The summed E-state index contributed by atoms with van der Waals surface area (Å²) in [5.74, 6) is -0.188. The standard InChI is InChI=1S/C33H38N2O10S/c1-40-25-10-4-22(5-11-25)18-43-30(36)17-16-28(31(37)44-19-23-6-12-26(41-2)13-7-23)34-33(39)35-29(21-46)32(38)45-20-24-8-14-27(42-3)15-9-24/h4-15,28-29,46H,16-21H2,1-3H3,(H2,34,35,39)/t28-,29-/m0/s1. The van der Waals surface area contributed by atoms with Crippen LogP contribution in [-0.2, 0) is 48.4 Å². The summed E-state index contributed by atoms with van der Waals surface area (Å²) >= 11 is 4.16. The van der Waals surface area contributed by atoms with Gasteiger partial charge in [-0.05, 0) is 59.5 Å². The van der Waals surface area contributed by atoms with Crippen molar-refractivity contribution in [2.24, 2.45) is 0 Å². The lowest BCUT2D eigenvalue weighted by Gasteiger charge is -2.20. The molecule has 0 heterocycles. The van der Waals surface area contributed by atoms with Crippen LogP contribution in [0.1, 0.15) is 29.5 Å². The van der Waals surface area contributed by atoms with Crippen LogP contribution in [0.25, 0.3) is 0 Å². The molecule has 0 bridgehead atoms. The van der Waals surface area contributed by atoms with Crippen molar-refractivity contribution < 1.29 is 47.6 Å². The molecular formula is C33H38N2O10S. The molecule has 2 atom stereocenters. The summed E-state index contributed by atoms with van der Waals surface area (Å²) in [6.45, 7) is -0.0948. The monoisotopic (exact) mass is 654 g/mol. The van der Waals surface area contributed by atoms with Crippen molar-refractivity contribution in [1.29, 1.82) is 0 Å².